The fourth-order valence-corrected chi connectivity index (χ4v) is 2.53. The zero-order valence-electron chi connectivity index (χ0n) is 15.7. The molecule has 0 spiro atoms. The van der Waals surface area contributed by atoms with Gasteiger partial charge in [0.15, 0.2) is 17.5 Å². The van der Waals surface area contributed by atoms with Gasteiger partial charge in [0.05, 0.1) is 20.8 Å². The SMILES string of the molecule is COc1ccc(CN=C(N)NCC(C)(C)c2ccc(F)cc2)cc1OC. The topological polar surface area (TPSA) is 68.9 Å². The van der Waals surface area contributed by atoms with E-state index in [1.807, 2.05) is 18.2 Å². The van der Waals surface area contributed by atoms with Crippen LogP contribution in [0, 0.1) is 5.82 Å². The summed E-state index contributed by atoms with van der Waals surface area (Å²) in [5, 5.41) is 3.14. The molecule has 0 heterocycles. The van der Waals surface area contributed by atoms with Crippen LogP contribution in [0.3, 0.4) is 0 Å². The van der Waals surface area contributed by atoms with Crippen LogP contribution in [-0.4, -0.2) is 26.7 Å². The highest BCUT2D eigenvalue weighted by Gasteiger charge is 2.20. The molecule has 2 aromatic carbocycles. The van der Waals surface area contributed by atoms with Crippen LogP contribution in [0.15, 0.2) is 47.5 Å². The Bertz CT molecular complexity index is 758. The molecule has 0 radical (unpaired) electrons. The lowest BCUT2D eigenvalue weighted by Crippen LogP contribution is -2.40. The maximum absolute atomic E-state index is 13.1. The minimum Gasteiger partial charge on any atom is -0.493 e. The van der Waals surface area contributed by atoms with Gasteiger partial charge in [0.2, 0.25) is 0 Å². The molecule has 6 heteroatoms. The van der Waals surface area contributed by atoms with Crippen molar-refractivity contribution < 1.29 is 13.9 Å². The second-order valence-corrected chi connectivity index (χ2v) is 6.64. The largest absolute Gasteiger partial charge is 0.493 e. The maximum Gasteiger partial charge on any atom is 0.188 e. The summed E-state index contributed by atoms with van der Waals surface area (Å²) >= 11 is 0. The molecule has 0 amide bonds. The Morgan fingerprint density at radius 2 is 1.73 bits per heavy atom. The van der Waals surface area contributed by atoms with Gasteiger partial charge in [-0.15, -0.1) is 0 Å². The average molecular weight is 359 g/mol. The lowest BCUT2D eigenvalue weighted by atomic mass is 9.84. The third-order valence-electron chi connectivity index (χ3n) is 4.22. The van der Waals surface area contributed by atoms with E-state index in [2.05, 4.69) is 24.2 Å². The minimum atomic E-state index is -0.242. The first-order valence-electron chi connectivity index (χ1n) is 8.36. The van der Waals surface area contributed by atoms with Crippen molar-refractivity contribution in [3.8, 4) is 11.5 Å². The number of rotatable bonds is 7. The van der Waals surface area contributed by atoms with E-state index in [1.54, 1.807) is 26.4 Å². The second-order valence-electron chi connectivity index (χ2n) is 6.64. The van der Waals surface area contributed by atoms with E-state index < -0.39 is 0 Å². The number of aliphatic imine (C=N–C) groups is 1. The standard InChI is InChI=1S/C20H26FN3O2/c1-20(2,15-6-8-16(21)9-7-15)13-24-19(22)23-12-14-5-10-17(25-3)18(11-14)26-4/h5-11H,12-13H2,1-4H3,(H3,22,23,24). The third-order valence-corrected chi connectivity index (χ3v) is 4.22. The summed E-state index contributed by atoms with van der Waals surface area (Å²) in [5.41, 5.74) is 7.76. The van der Waals surface area contributed by atoms with E-state index in [0.29, 0.717) is 30.5 Å². The molecule has 0 aliphatic carbocycles. The van der Waals surface area contributed by atoms with Gasteiger partial charge in [-0.3, -0.25) is 0 Å². The molecule has 0 aromatic heterocycles. The van der Waals surface area contributed by atoms with E-state index in [0.717, 1.165) is 11.1 Å². The molecule has 0 bridgehead atoms. The third kappa shape index (κ3) is 5.12. The number of nitrogens with zero attached hydrogens (tertiary/aromatic N) is 1. The van der Waals surface area contributed by atoms with Crippen LogP contribution < -0.4 is 20.5 Å². The quantitative estimate of drug-likeness (QED) is 0.588. The Morgan fingerprint density at radius 1 is 1.08 bits per heavy atom. The number of methoxy groups -OCH3 is 2. The number of nitrogens with two attached hydrogens (primary N) is 1. The van der Waals surface area contributed by atoms with Gasteiger partial charge in [0.1, 0.15) is 5.82 Å². The molecule has 0 aliphatic heterocycles. The van der Waals surface area contributed by atoms with Gasteiger partial charge >= 0.3 is 0 Å². The summed E-state index contributed by atoms with van der Waals surface area (Å²) in [6.45, 7) is 5.14. The van der Waals surface area contributed by atoms with Crippen LogP contribution >= 0.6 is 0 Å². The Labute approximate surface area is 154 Å². The second kappa shape index (κ2) is 8.56. The van der Waals surface area contributed by atoms with Gasteiger partial charge in [-0.2, -0.15) is 0 Å². The smallest absolute Gasteiger partial charge is 0.188 e. The fraction of sp³-hybridized carbons (Fsp3) is 0.350. The highest BCUT2D eigenvalue weighted by atomic mass is 19.1. The zero-order chi connectivity index (χ0) is 19.2. The summed E-state index contributed by atoms with van der Waals surface area (Å²) in [4.78, 5) is 4.36. The molecule has 26 heavy (non-hydrogen) atoms. The minimum absolute atomic E-state index is 0.211. The Balaban J connectivity index is 1.96. The first-order chi connectivity index (χ1) is 12.4. The molecule has 2 aromatic rings. The fourth-order valence-electron chi connectivity index (χ4n) is 2.53. The maximum atomic E-state index is 13.1. The predicted molar refractivity (Wildman–Crippen MR) is 102 cm³/mol. The summed E-state index contributed by atoms with van der Waals surface area (Å²) < 4.78 is 23.6. The first kappa shape index (κ1) is 19.6. The van der Waals surface area contributed by atoms with Crippen LogP contribution in [0.1, 0.15) is 25.0 Å². The summed E-state index contributed by atoms with van der Waals surface area (Å²) in [5.74, 6) is 1.44. The number of ether oxygens (including phenoxy) is 2. The average Bonchev–Trinajstić information content (AvgIpc) is 2.64. The van der Waals surface area contributed by atoms with Crippen LogP contribution in [0.4, 0.5) is 4.39 Å². The van der Waals surface area contributed by atoms with Crippen molar-refractivity contribution in [3.63, 3.8) is 0 Å². The molecule has 0 unspecified atom stereocenters. The van der Waals surface area contributed by atoms with E-state index in [4.69, 9.17) is 15.2 Å². The Kier molecular flexibility index (Phi) is 6.44. The summed E-state index contributed by atoms with van der Waals surface area (Å²) in [6.07, 6.45) is 0. The molecule has 0 aliphatic rings. The number of guanidine groups is 1. The molecule has 0 saturated carbocycles. The van der Waals surface area contributed by atoms with Crippen molar-refractivity contribution in [1.29, 1.82) is 0 Å². The lowest BCUT2D eigenvalue weighted by molar-refractivity contribution is 0.354. The zero-order valence-corrected chi connectivity index (χ0v) is 15.7. The number of halogens is 1. The summed E-state index contributed by atoms with van der Waals surface area (Å²) in [7, 11) is 3.19. The summed E-state index contributed by atoms with van der Waals surface area (Å²) in [6, 6.07) is 12.1. The van der Waals surface area contributed by atoms with Crippen molar-refractivity contribution in [2.75, 3.05) is 20.8 Å². The molecular weight excluding hydrogens is 333 g/mol. The lowest BCUT2D eigenvalue weighted by Gasteiger charge is -2.26. The van der Waals surface area contributed by atoms with Gasteiger partial charge in [0, 0.05) is 12.0 Å². The molecule has 5 nitrogen and oxygen atoms in total. The predicted octanol–water partition coefficient (Wildman–Crippen LogP) is 3.23. The Hall–Kier alpha value is -2.76. The van der Waals surface area contributed by atoms with Crippen molar-refractivity contribution in [2.24, 2.45) is 10.7 Å². The van der Waals surface area contributed by atoms with E-state index >= 15 is 0 Å². The van der Waals surface area contributed by atoms with Gasteiger partial charge in [-0.1, -0.05) is 32.0 Å². The van der Waals surface area contributed by atoms with Crippen molar-refractivity contribution >= 4 is 5.96 Å². The number of hydrogen-bond donors (Lipinski definition) is 2. The number of benzene rings is 2. The normalized spacial score (nSPS) is 12.0. The van der Waals surface area contributed by atoms with Crippen molar-refractivity contribution in [3.05, 3.63) is 59.4 Å². The highest BCUT2D eigenvalue weighted by Crippen LogP contribution is 2.27. The van der Waals surface area contributed by atoms with E-state index in [9.17, 15) is 4.39 Å². The van der Waals surface area contributed by atoms with Crippen molar-refractivity contribution in [2.45, 2.75) is 25.8 Å². The number of hydrogen-bond acceptors (Lipinski definition) is 3. The molecular formula is C20H26FN3O2. The molecule has 0 atom stereocenters. The molecule has 0 fully saturated rings. The van der Waals surface area contributed by atoms with Gasteiger partial charge in [-0.05, 0) is 35.4 Å². The number of nitrogens with one attached hydrogen (secondary N) is 1. The Morgan fingerprint density at radius 3 is 2.35 bits per heavy atom. The van der Waals surface area contributed by atoms with Crippen LogP contribution in [0.5, 0.6) is 11.5 Å². The van der Waals surface area contributed by atoms with Gasteiger partial charge in [-0.25, -0.2) is 9.38 Å². The van der Waals surface area contributed by atoms with Gasteiger partial charge < -0.3 is 20.5 Å². The van der Waals surface area contributed by atoms with E-state index in [-0.39, 0.29) is 11.2 Å². The molecule has 0 saturated heterocycles. The molecule has 2 rings (SSSR count). The first-order valence-corrected chi connectivity index (χ1v) is 8.36. The monoisotopic (exact) mass is 359 g/mol. The van der Waals surface area contributed by atoms with Crippen LogP contribution in [-0.2, 0) is 12.0 Å². The van der Waals surface area contributed by atoms with Gasteiger partial charge in [0.25, 0.3) is 0 Å². The van der Waals surface area contributed by atoms with Crippen molar-refractivity contribution in [1.82, 2.24) is 5.32 Å². The van der Waals surface area contributed by atoms with Crippen LogP contribution in [0.2, 0.25) is 0 Å². The highest BCUT2D eigenvalue weighted by molar-refractivity contribution is 5.78. The molecule has 140 valence electrons. The van der Waals surface area contributed by atoms with E-state index in [1.165, 1.54) is 12.1 Å². The van der Waals surface area contributed by atoms with Crippen LogP contribution in [0.25, 0.3) is 0 Å². The molecule has 3 N–H and O–H groups in total.